The summed E-state index contributed by atoms with van der Waals surface area (Å²) in [7, 11) is 0. The molecule has 0 aliphatic heterocycles. The molecule has 1 aromatic heterocycles. The Bertz CT molecular complexity index is 1120. The molecular weight excluding hydrogens is 452 g/mol. The van der Waals surface area contributed by atoms with Crippen LogP contribution in [0, 0.1) is 18.7 Å². The summed E-state index contributed by atoms with van der Waals surface area (Å²) in [6.45, 7) is 4.23. The molecule has 0 bridgehead atoms. The van der Waals surface area contributed by atoms with E-state index >= 15 is 0 Å². The van der Waals surface area contributed by atoms with Gasteiger partial charge in [0.1, 0.15) is 17.4 Å². The van der Waals surface area contributed by atoms with Gasteiger partial charge in [0.25, 0.3) is 0 Å². The smallest absolute Gasteiger partial charge is 0.416 e. The number of carboxylic acids is 1. The average Bonchev–Trinajstić information content (AvgIpc) is 3.11. The lowest BCUT2D eigenvalue weighted by Crippen LogP contribution is -2.09. The van der Waals surface area contributed by atoms with E-state index in [0.29, 0.717) is 42.1 Å². The van der Waals surface area contributed by atoms with Gasteiger partial charge in [-0.05, 0) is 56.0 Å². The van der Waals surface area contributed by atoms with Gasteiger partial charge in [-0.1, -0.05) is 19.1 Å². The lowest BCUT2D eigenvalue weighted by Gasteiger charge is -2.16. The highest BCUT2D eigenvalue weighted by Crippen LogP contribution is 2.31. The van der Waals surface area contributed by atoms with Crippen molar-refractivity contribution in [2.45, 2.75) is 45.8 Å². The van der Waals surface area contributed by atoms with E-state index in [1.54, 1.807) is 10.8 Å². The maximum atomic E-state index is 14.0. The fourth-order valence-corrected chi connectivity index (χ4v) is 3.70. The number of alkyl halides is 3. The van der Waals surface area contributed by atoms with Gasteiger partial charge in [-0.25, -0.2) is 9.37 Å². The topological polar surface area (TPSA) is 64.4 Å². The van der Waals surface area contributed by atoms with Crippen LogP contribution in [0.1, 0.15) is 43.0 Å². The molecule has 0 aliphatic rings. The molecule has 0 saturated carbocycles. The zero-order valence-corrected chi connectivity index (χ0v) is 18.9. The molecule has 1 heterocycles. The highest BCUT2D eigenvalue weighted by atomic mass is 19.4. The number of aliphatic carboxylic acids is 1. The van der Waals surface area contributed by atoms with Crippen molar-refractivity contribution < 1.29 is 32.2 Å². The highest BCUT2D eigenvalue weighted by molar-refractivity contribution is 5.66. The number of rotatable bonds is 10. The van der Waals surface area contributed by atoms with E-state index in [0.717, 1.165) is 17.8 Å². The molecule has 1 unspecified atom stereocenters. The van der Waals surface area contributed by atoms with Gasteiger partial charge in [0.15, 0.2) is 0 Å². The molecule has 0 amide bonds. The Morgan fingerprint density at radius 2 is 1.88 bits per heavy atom. The maximum absolute atomic E-state index is 14.0. The predicted molar refractivity (Wildman–Crippen MR) is 119 cm³/mol. The highest BCUT2D eigenvalue weighted by Gasteiger charge is 2.30. The van der Waals surface area contributed by atoms with Crippen LogP contribution in [-0.2, 0) is 17.5 Å². The number of aromatic nitrogens is 2. The van der Waals surface area contributed by atoms with Crippen molar-refractivity contribution in [3.8, 4) is 17.1 Å². The molecule has 0 aliphatic carbocycles. The molecule has 0 fully saturated rings. The monoisotopic (exact) mass is 478 g/mol. The van der Waals surface area contributed by atoms with Crippen LogP contribution in [0.4, 0.5) is 17.6 Å². The lowest BCUT2D eigenvalue weighted by molar-refractivity contribution is -0.138. The van der Waals surface area contributed by atoms with Gasteiger partial charge in [0.2, 0.25) is 0 Å². The van der Waals surface area contributed by atoms with Crippen LogP contribution in [-0.4, -0.2) is 27.2 Å². The van der Waals surface area contributed by atoms with Crippen LogP contribution in [0.3, 0.4) is 0 Å². The Hall–Kier alpha value is -3.36. The molecule has 0 radical (unpaired) electrons. The van der Waals surface area contributed by atoms with Crippen molar-refractivity contribution in [1.29, 1.82) is 0 Å². The van der Waals surface area contributed by atoms with Crippen LogP contribution >= 0.6 is 0 Å². The summed E-state index contributed by atoms with van der Waals surface area (Å²) in [6, 6.07) is 8.93. The Kier molecular flexibility index (Phi) is 7.96. The quantitative estimate of drug-likeness (QED) is 0.273. The van der Waals surface area contributed by atoms with Gasteiger partial charge < -0.3 is 14.4 Å². The Balaban J connectivity index is 1.76. The fourth-order valence-electron chi connectivity index (χ4n) is 3.70. The van der Waals surface area contributed by atoms with E-state index in [9.17, 15) is 22.4 Å². The Morgan fingerprint density at radius 3 is 2.53 bits per heavy atom. The first-order valence-electron chi connectivity index (χ1n) is 10.9. The molecular formula is C25H26F4N2O3. The molecule has 5 nitrogen and oxygen atoms in total. The van der Waals surface area contributed by atoms with Crippen LogP contribution in [0.5, 0.6) is 5.75 Å². The molecule has 34 heavy (non-hydrogen) atoms. The van der Waals surface area contributed by atoms with Crippen molar-refractivity contribution in [2.75, 3.05) is 6.61 Å². The van der Waals surface area contributed by atoms with Crippen LogP contribution in [0.25, 0.3) is 11.4 Å². The Morgan fingerprint density at radius 1 is 1.18 bits per heavy atom. The van der Waals surface area contributed by atoms with Gasteiger partial charge >= 0.3 is 12.1 Å². The number of imidazole rings is 1. The minimum Gasteiger partial charge on any atom is -0.493 e. The molecule has 1 atom stereocenters. The Labute approximate surface area is 195 Å². The van der Waals surface area contributed by atoms with Gasteiger partial charge in [-0.2, -0.15) is 13.2 Å². The van der Waals surface area contributed by atoms with E-state index in [-0.39, 0.29) is 18.9 Å². The number of ether oxygens (including phenoxy) is 1. The molecule has 3 rings (SSSR count). The first-order chi connectivity index (χ1) is 16.0. The first kappa shape index (κ1) is 25.3. The van der Waals surface area contributed by atoms with Gasteiger partial charge in [-0.15, -0.1) is 0 Å². The van der Waals surface area contributed by atoms with E-state index < -0.39 is 23.5 Å². The zero-order chi connectivity index (χ0) is 24.9. The lowest BCUT2D eigenvalue weighted by atomic mass is 10.0. The van der Waals surface area contributed by atoms with E-state index in [1.807, 2.05) is 13.8 Å². The number of hydrogen-bond donors (Lipinski definition) is 1. The van der Waals surface area contributed by atoms with Crippen molar-refractivity contribution in [3.05, 3.63) is 71.3 Å². The summed E-state index contributed by atoms with van der Waals surface area (Å²) in [5, 5.41) is 8.86. The summed E-state index contributed by atoms with van der Waals surface area (Å²) < 4.78 is 60.4. The number of carbonyl (C=O) groups is 1. The minimum atomic E-state index is -4.43. The first-order valence-corrected chi connectivity index (χ1v) is 10.9. The normalized spacial score (nSPS) is 12.5. The molecule has 9 heteroatoms. The molecule has 0 spiro atoms. The van der Waals surface area contributed by atoms with Crippen molar-refractivity contribution in [2.24, 2.45) is 5.92 Å². The summed E-state index contributed by atoms with van der Waals surface area (Å²) in [5.41, 5.74) is 1.08. The number of benzene rings is 2. The minimum absolute atomic E-state index is 0.0219. The molecule has 0 saturated heterocycles. The van der Waals surface area contributed by atoms with Crippen LogP contribution < -0.4 is 4.74 Å². The summed E-state index contributed by atoms with van der Waals surface area (Å²) in [5.74, 6) is -0.309. The second-order valence-corrected chi connectivity index (χ2v) is 8.33. The van der Waals surface area contributed by atoms with Crippen LogP contribution in [0.2, 0.25) is 0 Å². The van der Waals surface area contributed by atoms with E-state index in [4.69, 9.17) is 9.84 Å². The third-order valence-electron chi connectivity index (χ3n) is 5.50. The van der Waals surface area contributed by atoms with Gasteiger partial charge in [0.05, 0.1) is 18.7 Å². The average molecular weight is 478 g/mol. The number of aryl methyl sites for hydroxylation is 1. The summed E-state index contributed by atoms with van der Waals surface area (Å²) in [6.07, 6.45) is -1.40. The molecule has 182 valence electrons. The SMILES string of the molecule is Cc1cnc(-c2ccc(C(F)(F)F)cc2)n1Cc1cc(F)ccc1OCCCC(C)CC(=O)O. The van der Waals surface area contributed by atoms with Crippen molar-refractivity contribution in [1.82, 2.24) is 9.55 Å². The van der Waals surface area contributed by atoms with Crippen molar-refractivity contribution in [3.63, 3.8) is 0 Å². The molecule has 2 aromatic carbocycles. The maximum Gasteiger partial charge on any atom is 0.416 e. The third kappa shape index (κ3) is 6.59. The van der Waals surface area contributed by atoms with Crippen molar-refractivity contribution >= 4 is 5.97 Å². The number of nitrogens with zero attached hydrogens (tertiary/aromatic N) is 2. The van der Waals surface area contributed by atoms with E-state index in [1.165, 1.54) is 30.3 Å². The number of carboxylic acid groups (broad SMARTS) is 1. The standard InChI is InChI=1S/C25H26F4N2O3/c1-16(12-23(32)33)4-3-11-34-22-10-9-21(26)13-19(22)15-31-17(2)14-30-24(31)18-5-7-20(8-6-18)25(27,28)29/h5-10,13-14,16H,3-4,11-12,15H2,1-2H3,(H,32,33). The second-order valence-electron chi connectivity index (χ2n) is 8.33. The second kappa shape index (κ2) is 10.7. The third-order valence-corrected chi connectivity index (χ3v) is 5.50. The fraction of sp³-hybridized carbons (Fsp3) is 0.360. The molecule has 3 aromatic rings. The number of hydrogen-bond acceptors (Lipinski definition) is 3. The molecule has 1 N–H and O–H groups in total. The van der Waals surface area contributed by atoms with Gasteiger partial charge in [0, 0.05) is 29.4 Å². The largest absolute Gasteiger partial charge is 0.493 e. The summed E-state index contributed by atoms with van der Waals surface area (Å²) in [4.78, 5) is 15.1. The number of halogens is 4. The van der Waals surface area contributed by atoms with Gasteiger partial charge in [-0.3, -0.25) is 4.79 Å². The van der Waals surface area contributed by atoms with Crippen LogP contribution in [0.15, 0.2) is 48.7 Å². The van der Waals surface area contributed by atoms with E-state index in [2.05, 4.69) is 4.98 Å². The predicted octanol–water partition coefficient (Wildman–Crippen LogP) is 6.33. The zero-order valence-electron chi connectivity index (χ0n) is 18.9. The summed E-state index contributed by atoms with van der Waals surface area (Å²) >= 11 is 0.